The molecule has 17 heavy (non-hydrogen) atoms. The summed E-state index contributed by atoms with van der Waals surface area (Å²) in [5.74, 6) is 0.644. The number of thioether (sulfide) groups is 1. The summed E-state index contributed by atoms with van der Waals surface area (Å²) in [6.07, 6.45) is 3.74. The molecular formula is C14H20FNS. The van der Waals surface area contributed by atoms with Gasteiger partial charge in [-0.15, -0.1) is 11.8 Å². The highest BCUT2D eigenvalue weighted by atomic mass is 32.2. The van der Waals surface area contributed by atoms with E-state index >= 15 is 0 Å². The summed E-state index contributed by atoms with van der Waals surface area (Å²) in [4.78, 5) is 1.05. The lowest BCUT2D eigenvalue weighted by Gasteiger charge is -2.34. The number of rotatable bonds is 3. The molecule has 0 aliphatic heterocycles. The van der Waals surface area contributed by atoms with Crippen LogP contribution in [0.2, 0.25) is 0 Å². The fraction of sp³-hybridized carbons (Fsp3) is 0.571. The van der Waals surface area contributed by atoms with Gasteiger partial charge in [-0.1, -0.05) is 13.0 Å². The quantitative estimate of drug-likeness (QED) is 0.881. The van der Waals surface area contributed by atoms with Crippen molar-refractivity contribution >= 4 is 11.8 Å². The van der Waals surface area contributed by atoms with Gasteiger partial charge in [0.05, 0.1) is 0 Å². The number of nitrogens with one attached hydrogen (secondary N) is 1. The Labute approximate surface area is 107 Å². The second kappa shape index (κ2) is 5.87. The molecule has 3 unspecified atom stereocenters. The smallest absolute Gasteiger partial charge is 0.124 e. The van der Waals surface area contributed by atoms with E-state index in [4.69, 9.17) is 0 Å². The Morgan fingerprint density at radius 3 is 2.88 bits per heavy atom. The lowest BCUT2D eigenvalue weighted by atomic mass is 9.87. The zero-order chi connectivity index (χ0) is 12.3. The molecule has 0 saturated heterocycles. The third-order valence-corrected chi connectivity index (χ3v) is 4.86. The topological polar surface area (TPSA) is 12.0 Å². The van der Waals surface area contributed by atoms with Gasteiger partial charge in [-0.2, -0.15) is 0 Å². The Morgan fingerprint density at radius 2 is 2.18 bits per heavy atom. The summed E-state index contributed by atoms with van der Waals surface area (Å²) >= 11 is 1.81. The van der Waals surface area contributed by atoms with Crippen LogP contribution in [0.15, 0.2) is 29.2 Å². The molecular weight excluding hydrogens is 233 g/mol. The van der Waals surface area contributed by atoms with Crippen molar-refractivity contribution in [3.63, 3.8) is 0 Å². The molecule has 0 heterocycles. The third-order valence-electron chi connectivity index (χ3n) is 3.51. The largest absolute Gasteiger partial charge is 0.316 e. The first-order valence-corrected chi connectivity index (χ1v) is 7.16. The number of halogens is 1. The van der Waals surface area contributed by atoms with Crippen molar-refractivity contribution in [2.45, 2.75) is 42.4 Å². The zero-order valence-electron chi connectivity index (χ0n) is 10.4. The molecule has 1 N–H and O–H groups in total. The van der Waals surface area contributed by atoms with Gasteiger partial charge >= 0.3 is 0 Å². The van der Waals surface area contributed by atoms with Gasteiger partial charge in [0.25, 0.3) is 0 Å². The molecule has 3 heteroatoms. The number of hydrogen-bond acceptors (Lipinski definition) is 2. The van der Waals surface area contributed by atoms with Crippen LogP contribution in [0.4, 0.5) is 4.39 Å². The van der Waals surface area contributed by atoms with Crippen LogP contribution in [0.5, 0.6) is 0 Å². The molecule has 0 amide bonds. The third kappa shape index (κ3) is 3.46. The molecule has 1 nitrogen and oxygen atoms in total. The Bertz CT molecular complexity index is 369. The standard InChI is InChI=1S/C14H20FNS/c1-10-6-7-13(16-2)14(8-10)17-12-5-3-4-11(15)9-12/h3-5,9-10,13-14,16H,6-8H2,1-2H3. The molecule has 1 aromatic carbocycles. The summed E-state index contributed by atoms with van der Waals surface area (Å²) < 4.78 is 13.1. The van der Waals surface area contributed by atoms with Crippen molar-refractivity contribution in [3.05, 3.63) is 30.1 Å². The first-order chi connectivity index (χ1) is 8.19. The minimum Gasteiger partial charge on any atom is -0.316 e. The maximum Gasteiger partial charge on any atom is 0.124 e. The fourth-order valence-electron chi connectivity index (χ4n) is 2.50. The van der Waals surface area contributed by atoms with Crippen molar-refractivity contribution < 1.29 is 4.39 Å². The molecule has 0 radical (unpaired) electrons. The second-order valence-electron chi connectivity index (χ2n) is 4.93. The maximum absolute atomic E-state index is 13.1. The Morgan fingerprint density at radius 1 is 1.35 bits per heavy atom. The molecule has 1 aliphatic carbocycles. The Hall–Kier alpha value is -0.540. The lowest BCUT2D eigenvalue weighted by Crippen LogP contribution is -2.40. The van der Waals surface area contributed by atoms with Crippen molar-refractivity contribution in [1.82, 2.24) is 5.32 Å². The van der Waals surface area contributed by atoms with Gasteiger partial charge in [-0.25, -0.2) is 4.39 Å². The van der Waals surface area contributed by atoms with E-state index in [1.165, 1.54) is 25.3 Å². The molecule has 0 aromatic heterocycles. The average Bonchev–Trinajstić information content (AvgIpc) is 2.29. The summed E-state index contributed by atoms with van der Waals surface area (Å²) in [5.41, 5.74) is 0. The highest BCUT2D eigenvalue weighted by Gasteiger charge is 2.28. The summed E-state index contributed by atoms with van der Waals surface area (Å²) in [5, 5.41) is 3.96. The molecule has 3 atom stereocenters. The molecule has 0 bridgehead atoms. The van der Waals surface area contributed by atoms with Crippen LogP contribution >= 0.6 is 11.8 Å². The summed E-state index contributed by atoms with van der Waals surface area (Å²) in [7, 11) is 2.03. The van der Waals surface area contributed by atoms with Crippen LogP contribution in [-0.4, -0.2) is 18.3 Å². The van der Waals surface area contributed by atoms with E-state index in [2.05, 4.69) is 12.2 Å². The van der Waals surface area contributed by atoms with Gasteiger partial charge in [-0.3, -0.25) is 0 Å². The highest BCUT2D eigenvalue weighted by Crippen LogP contribution is 2.36. The van der Waals surface area contributed by atoms with E-state index in [-0.39, 0.29) is 5.82 Å². The van der Waals surface area contributed by atoms with E-state index in [9.17, 15) is 4.39 Å². The molecule has 1 fully saturated rings. The number of hydrogen-bond donors (Lipinski definition) is 1. The Kier molecular flexibility index (Phi) is 4.46. The van der Waals surface area contributed by atoms with Crippen LogP contribution in [0.3, 0.4) is 0 Å². The first-order valence-electron chi connectivity index (χ1n) is 6.28. The second-order valence-corrected chi connectivity index (χ2v) is 6.24. The average molecular weight is 253 g/mol. The molecule has 1 saturated carbocycles. The van der Waals surface area contributed by atoms with Crippen LogP contribution < -0.4 is 5.32 Å². The highest BCUT2D eigenvalue weighted by molar-refractivity contribution is 8.00. The van der Waals surface area contributed by atoms with Crippen LogP contribution in [0.25, 0.3) is 0 Å². The molecule has 0 spiro atoms. The van der Waals surface area contributed by atoms with E-state index in [0.717, 1.165) is 10.8 Å². The van der Waals surface area contributed by atoms with Crippen molar-refractivity contribution in [1.29, 1.82) is 0 Å². The molecule has 1 aromatic rings. The van der Waals surface area contributed by atoms with Gasteiger partial charge in [0.15, 0.2) is 0 Å². The first kappa shape index (κ1) is 12.9. The lowest BCUT2D eigenvalue weighted by molar-refractivity contribution is 0.329. The minimum atomic E-state index is -0.139. The maximum atomic E-state index is 13.1. The summed E-state index contributed by atoms with van der Waals surface area (Å²) in [6, 6.07) is 7.48. The molecule has 2 rings (SSSR count). The minimum absolute atomic E-state index is 0.139. The van der Waals surface area contributed by atoms with E-state index in [1.54, 1.807) is 12.1 Å². The van der Waals surface area contributed by atoms with Gasteiger partial charge in [0.2, 0.25) is 0 Å². The van der Waals surface area contributed by atoms with Gasteiger partial charge in [-0.05, 0) is 50.4 Å². The van der Waals surface area contributed by atoms with Crippen LogP contribution in [0.1, 0.15) is 26.2 Å². The number of benzene rings is 1. The predicted molar refractivity (Wildman–Crippen MR) is 71.9 cm³/mol. The molecule has 1 aliphatic rings. The van der Waals surface area contributed by atoms with Gasteiger partial charge < -0.3 is 5.32 Å². The fourth-order valence-corrected chi connectivity index (χ4v) is 4.05. The van der Waals surface area contributed by atoms with Gasteiger partial charge in [0.1, 0.15) is 5.82 Å². The zero-order valence-corrected chi connectivity index (χ0v) is 11.3. The van der Waals surface area contributed by atoms with Crippen molar-refractivity contribution in [2.24, 2.45) is 5.92 Å². The molecule has 94 valence electrons. The Balaban J connectivity index is 2.04. The van der Waals surface area contributed by atoms with E-state index in [0.29, 0.717) is 11.3 Å². The van der Waals surface area contributed by atoms with Crippen LogP contribution in [0, 0.1) is 11.7 Å². The van der Waals surface area contributed by atoms with Gasteiger partial charge in [0, 0.05) is 16.2 Å². The normalized spacial score (nSPS) is 29.2. The van der Waals surface area contributed by atoms with E-state index < -0.39 is 0 Å². The predicted octanol–water partition coefficient (Wildman–Crippen LogP) is 3.69. The summed E-state index contributed by atoms with van der Waals surface area (Å²) in [6.45, 7) is 2.31. The monoisotopic (exact) mass is 253 g/mol. The SMILES string of the molecule is CNC1CCC(C)CC1Sc1cccc(F)c1. The van der Waals surface area contributed by atoms with Crippen molar-refractivity contribution in [3.8, 4) is 0 Å². The van der Waals surface area contributed by atoms with Crippen molar-refractivity contribution in [2.75, 3.05) is 7.05 Å². The van der Waals surface area contributed by atoms with E-state index in [1.807, 2.05) is 24.9 Å². The van der Waals surface area contributed by atoms with Crippen LogP contribution in [-0.2, 0) is 0 Å².